The number of carbonyl (C=O) groups excluding carboxylic acids is 1. The van der Waals surface area contributed by atoms with Crippen molar-refractivity contribution in [3.8, 4) is 17.5 Å². The number of para-hydroxylation sites is 2. The molecule has 8 nitrogen and oxygen atoms in total. The lowest BCUT2D eigenvalue weighted by molar-refractivity contribution is -0.116. The fourth-order valence-corrected chi connectivity index (χ4v) is 3.75. The molecule has 1 amide bonds. The molecular weight excluding hydrogens is 412 g/mol. The first-order valence-corrected chi connectivity index (χ1v) is 10.9. The maximum atomic E-state index is 13.1. The van der Waals surface area contributed by atoms with Crippen LogP contribution >= 0.6 is 11.8 Å². The summed E-state index contributed by atoms with van der Waals surface area (Å²) in [6, 6.07) is 15.4. The quantitative estimate of drug-likeness (QED) is 0.472. The van der Waals surface area contributed by atoms with E-state index in [0.29, 0.717) is 29.7 Å². The molecule has 0 spiro atoms. The van der Waals surface area contributed by atoms with Crippen molar-refractivity contribution in [3.05, 3.63) is 53.6 Å². The van der Waals surface area contributed by atoms with Crippen LogP contribution in [0.25, 0.3) is 5.69 Å². The summed E-state index contributed by atoms with van der Waals surface area (Å²) >= 11 is 1.24. The van der Waals surface area contributed by atoms with E-state index >= 15 is 0 Å². The third-order valence-corrected chi connectivity index (χ3v) is 5.61. The minimum Gasteiger partial charge on any atom is -0.492 e. The number of amides is 1. The van der Waals surface area contributed by atoms with Gasteiger partial charge in [0.1, 0.15) is 11.4 Å². The summed E-state index contributed by atoms with van der Waals surface area (Å²) in [6.07, 6.45) is 0.253. The first-order chi connectivity index (χ1) is 15.0. The van der Waals surface area contributed by atoms with Crippen LogP contribution in [0.3, 0.4) is 0 Å². The number of ether oxygens (including phenoxy) is 1. The zero-order valence-electron chi connectivity index (χ0n) is 17.8. The normalized spacial score (nSPS) is 10.5. The van der Waals surface area contributed by atoms with Gasteiger partial charge in [0.05, 0.1) is 24.8 Å². The monoisotopic (exact) mass is 436 g/mol. The molecule has 0 radical (unpaired) electrons. The number of aromatic nitrogens is 4. The lowest BCUT2D eigenvalue weighted by atomic mass is 10.1. The summed E-state index contributed by atoms with van der Waals surface area (Å²) in [5.41, 5.74) is 3.74. The molecule has 0 fully saturated rings. The number of tetrazole rings is 1. The minimum absolute atomic E-state index is 0.115. The van der Waals surface area contributed by atoms with Crippen LogP contribution in [0.4, 0.5) is 5.69 Å². The summed E-state index contributed by atoms with van der Waals surface area (Å²) in [4.78, 5) is 14.7. The van der Waals surface area contributed by atoms with Crippen molar-refractivity contribution in [2.45, 2.75) is 32.3 Å². The van der Waals surface area contributed by atoms with E-state index in [1.807, 2.05) is 63.2 Å². The number of carbonyl (C=O) groups is 1. The van der Waals surface area contributed by atoms with Crippen LogP contribution < -0.4 is 9.64 Å². The van der Waals surface area contributed by atoms with Crippen LogP contribution in [0.5, 0.6) is 5.75 Å². The summed E-state index contributed by atoms with van der Waals surface area (Å²) < 4.78 is 7.24. The smallest absolute Gasteiger partial charge is 0.237 e. The molecule has 0 saturated heterocycles. The van der Waals surface area contributed by atoms with Gasteiger partial charge in [-0.2, -0.15) is 9.94 Å². The second-order valence-corrected chi connectivity index (χ2v) is 7.73. The average molecular weight is 437 g/mol. The van der Waals surface area contributed by atoms with Crippen LogP contribution in [-0.2, 0) is 4.79 Å². The third kappa shape index (κ3) is 5.41. The number of aryl methyl sites for hydroxylation is 2. The van der Waals surface area contributed by atoms with Crippen molar-refractivity contribution < 1.29 is 9.53 Å². The highest BCUT2D eigenvalue weighted by molar-refractivity contribution is 7.99. The lowest BCUT2D eigenvalue weighted by Crippen LogP contribution is -2.33. The van der Waals surface area contributed by atoms with Gasteiger partial charge in [-0.25, -0.2) is 0 Å². The molecule has 3 rings (SSSR count). The van der Waals surface area contributed by atoms with Crippen LogP contribution in [0.2, 0.25) is 0 Å². The molecule has 0 unspecified atom stereocenters. The molecule has 0 aliphatic carbocycles. The van der Waals surface area contributed by atoms with Gasteiger partial charge in [-0.15, -0.1) is 5.10 Å². The van der Waals surface area contributed by atoms with Gasteiger partial charge < -0.3 is 9.64 Å². The fraction of sp³-hybridized carbons (Fsp3) is 0.318. The number of benzene rings is 2. The molecule has 1 aromatic heterocycles. The van der Waals surface area contributed by atoms with Crippen molar-refractivity contribution in [2.24, 2.45) is 0 Å². The summed E-state index contributed by atoms with van der Waals surface area (Å²) in [5, 5.41) is 21.4. The van der Waals surface area contributed by atoms with E-state index in [2.05, 4.69) is 21.6 Å². The second kappa shape index (κ2) is 10.6. The SMILES string of the molecule is CCOc1ccccc1-n1nnnc1SCC(=O)N(CCC#N)c1ccc(C)c(C)c1. The Morgan fingerprint density at radius 3 is 2.77 bits per heavy atom. The largest absolute Gasteiger partial charge is 0.492 e. The predicted molar refractivity (Wildman–Crippen MR) is 120 cm³/mol. The third-order valence-electron chi connectivity index (χ3n) is 4.71. The Morgan fingerprint density at radius 1 is 1.23 bits per heavy atom. The van der Waals surface area contributed by atoms with Gasteiger partial charge in [-0.05, 0) is 66.6 Å². The Morgan fingerprint density at radius 2 is 2.03 bits per heavy atom. The maximum Gasteiger partial charge on any atom is 0.237 e. The highest BCUT2D eigenvalue weighted by atomic mass is 32.2. The van der Waals surface area contributed by atoms with E-state index in [1.165, 1.54) is 11.8 Å². The molecule has 1 heterocycles. The first kappa shape index (κ1) is 22.3. The molecule has 0 aliphatic rings. The van der Waals surface area contributed by atoms with Crippen molar-refractivity contribution in [1.29, 1.82) is 5.26 Å². The minimum atomic E-state index is -0.115. The van der Waals surface area contributed by atoms with Crippen molar-refractivity contribution in [3.63, 3.8) is 0 Å². The molecular formula is C22H24N6O2S. The number of nitrogens with zero attached hydrogens (tertiary/aromatic N) is 6. The molecule has 9 heteroatoms. The predicted octanol–water partition coefficient (Wildman–Crippen LogP) is 3.72. The molecule has 31 heavy (non-hydrogen) atoms. The van der Waals surface area contributed by atoms with Crippen molar-refractivity contribution in [2.75, 3.05) is 23.8 Å². The summed E-state index contributed by atoms with van der Waals surface area (Å²) in [5.74, 6) is 0.683. The van der Waals surface area contributed by atoms with E-state index < -0.39 is 0 Å². The Balaban J connectivity index is 1.79. The van der Waals surface area contributed by atoms with E-state index in [0.717, 1.165) is 16.8 Å². The van der Waals surface area contributed by atoms with E-state index in [9.17, 15) is 4.79 Å². The van der Waals surface area contributed by atoms with Crippen LogP contribution in [-0.4, -0.2) is 45.0 Å². The van der Waals surface area contributed by atoms with Gasteiger partial charge in [0.25, 0.3) is 0 Å². The Hall–Kier alpha value is -3.38. The molecule has 160 valence electrons. The number of hydrogen-bond acceptors (Lipinski definition) is 7. The van der Waals surface area contributed by atoms with Crippen LogP contribution in [0.15, 0.2) is 47.6 Å². The summed E-state index contributed by atoms with van der Waals surface area (Å²) in [7, 11) is 0. The van der Waals surface area contributed by atoms with E-state index in [-0.39, 0.29) is 18.1 Å². The summed E-state index contributed by atoms with van der Waals surface area (Å²) in [6.45, 7) is 6.79. The average Bonchev–Trinajstić information content (AvgIpc) is 3.24. The zero-order valence-corrected chi connectivity index (χ0v) is 18.6. The molecule has 0 N–H and O–H groups in total. The Bertz CT molecular complexity index is 1090. The van der Waals surface area contributed by atoms with Crippen molar-refractivity contribution in [1.82, 2.24) is 20.2 Å². The van der Waals surface area contributed by atoms with E-state index in [4.69, 9.17) is 10.00 Å². The van der Waals surface area contributed by atoms with Gasteiger partial charge in [0.15, 0.2) is 0 Å². The molecule has 0 aliphatic heterocycles. The number of hydrogen-bond donors (Lipinski definition) is 0. The molecule has 0 bridgehead atoms. The van der Waals surface area contributed by atoms with Gasteiger partial charge in [-0.3, -0.25) is 4.79 Å². The van der Waals surface area contributed by atoms with E-state index in [1.54, 1.807) is 9.58 Å². The van der Waals surface area contributed by atoms with Crippen LogP contribution in [0, 0.1) is 25.2 Å². The number of thioether (sulfide) groups is 1. The van der Waals surface area contributed by atoms with Gasteiger partial charge in [0.2, 0.25) is 11.1 Å². The lowest BCUT2D eigenvalue weighted by Gasteiger charge is -2.22. The zero-order chi connectivity index (χ0) is 22.2. The first-order valence-electron chi connectivity index (χ1n) is 9.93. The fourth-order valence-electron chi connectivity index (χ4n) is 2.99. The Kier molecular flexibility index (Phi) is 7.62. The number of rotatable bonds is 9. The highest BCUT2D eigenvalue weighted by Crippen LogP contribution is 2.27. The van der Waals surface area contributed by atoms with Gasteiger partial charge in [0, 0.05) is 12.2 Å². The van der Waals surface area contributed by atoms with Crippen molar-refractivity contribution >= 4 is 23.4 Å². The topological polar surface area (TPSA) is 96.9 Å². The maximum absolute atomic E-state index is 13.1. The highest BCUT2D eigenvalue weighted by Gasteiger charge is 2.19. The molecule has 0 atom stereocenters. The standard InChI is InChI=1S/C22H24N6O2S/c1-4-30-20-9-6-5-8-19(20)28-22(24-25-26-28)31-15-21(29)27(13-7-12-23)18-11-10-16(2)17(3)14-18/h5-6,8-11,14H,4,7,13,15H2,1-3H3. The second-order valence-electron chi connectivity index (χ2n) is 6.78. The Labute approximate surface area is 185 Å². The number of nitriles is 1. The molecule has 2 aromatic carbocycles. The number of anilines is 1. The van der Waals surface area contributed by atoms with Crippen LogP contribution in [0.1, 0.15) is 24.5 Å². The van der Waals surface area contributed by atoms with Gasteiger partial charge >= 0.3 is 0 Å². The van der Waals surface area contributed by atoms with Gasteiger partial charge in [-0.1, -0.05) is 30.0 Å². The molecule has 0 saturated carbocycles. The molecule has 3 aromatic rings.